The highest BCUT2D eigenvalue weighted by molar-refractivity contribution is 9.09. The minimum atomic E-state index is -0.442. The number of halogens is 1. The van der Waals surface area contributed by atoms with E-state index in [0.29, 0.717) is 11.0 Å². The Morgan fingerprint density at radius 1 is 1.44 bits per heavy atom. The molecule has 1 heterocycles. The maximum atomic E-state index is 12.1. The molecule has 2 aromatic rings. The fraction of sp³-hybridized carbons (Fsp3) is 0.231. The van der Waals surface area contributed by atoms with Gasteiger partial charge in [0.05, 0.1) is 11.0 Å². The van der Waals surface area contributed by atoms with Crippen LogP contribution in [0.5, 0.6) is 0 Å². The van der Waals surface area contributed by atoms with Gasteiger partial charge in [0.2, 0.25) is 0 Å². The first-order valence-electron chi connectivity index (χ1n) is 5.48. The number of alkyl halides is 1. The van der Waals surface area contributed by atoms with Gasteiger partial charge in [-0.1, -0.05) is 46.3 Å². The van der Waals surface area contributed by atoms with Gasteiger partial charge < -0.3 is 5.32 Å². The quantitative estimate of drug-likeness (QED) is 0.877. The van der Waals surface area contributed by atoms with E-state index in [1.54, 1.807) is 10.9 Å². The second kappa shape index (κ2) is 5.63. The molecule has 2 rings (SSSR count). The lowest BCUT2D eigenvalue weighted by molar-refractivity contribution is 0.0909. The summed E-state index contributed by atoms with van der Waals surface area (Å²) in [6, 6.07) is 9.89. The Bertz CT molecular complexity index is 515. The van der Waals surface area contributed by atoms with E-state index < -0.39 is 5.54 Å². The first-order valence-corrected chi connectivity index (χ1v) is 7.54. The standard InChI is InChI=1S/C13H13BrN2OS/c1-13(8-14,10-5-3-2-4-6-10)16-12(17)11-7-18-9-15-11/h2-7,9H,8H2,1H3,(H,16,17). The second-order valence-corrected chi connectivity index (χ2v) is 5.44. The molecule has 0 saturated carbocycles. The van der Waals surface area contributed by atoms with Crippen molar-refractivity contribution in [2.45, 2.75) is 12.5 Å². The van der Waals surface area contributed by atoms with Gasteiger partial charge in [0.1, 0.15) is 5.69 Å². The van der Waals surface area contributed by atoms with Crippen LogP contribution in [0.15, 0.2) is 41.2 Å². The van der Waals surface area contributed by atoms with E-state index in [9.17, 15) is 4.79 Å². The van der Waals surface area contributed by atoms with E-state index in [-0.39, 0.29) is 5.91 Å². The molecule has 1 unspecified atom stereocenters. The third kappa shape index (κ3) is 2.79. The fourth-order valence-electron chi connectivity index (χ4n) is 1.63. The monoisotopic (exact) mass is 324 g/mol. The van der Waals surface area contributed by atoms with Crippen molar-refractivity contribution < 1.29 is 4.79 Å². The Kier molecular flexibility index (Phi) is 4.14. The zero-order chi connectivity index (χ0) is 13.0. The number of hydrogen-bond donors (Lipinski definition) is 1. The van der Waals surface area contributed by atoms with Gasteiger partial charge >= 0.3 is 0 Å². The molecule has 1 amide bonds. The van der Waals surface area contributed by atoms with Crippen LogP contribution >= 0.6 is 27.3 Å². The summed E-state index contributed by atoms with van der Waals surface area (Å²) < 4.78 is 0. The molecule has 94 valence electrons. The first kappa shape index (κ1) is 13.2. The van der Waals surface area contributed by atoms with E-state index in [1.165, 1.54) is 11.3 Å². The number of benzene rings is 1. The Morgan fingerprint density at radius 3 is 2.72 bits per heavy atom. The average Bonchev–Trinajstić information content (AvgIpc) is 2.93. The molecular formula is C13H13BrN2OS. The molecule has 1 aromatic carbocycles. The lowest BCUT2D eigenvalue weighted by atomic mass is 9.94. The summed E-state index contributed by atoms with van der Waals surface area (Å²) in [6.45, 7) is 1.99. The smallest absolute Gasteiger partial charge is 0.271 e. The average molecular weight is 325 g/mol. The van der Waals surface area contributed by atoms with Gasteiger partial charge in [-0.15, -0.1) is 11.3 Å². The lowest BCUT2D eigenvalue weighted by Crippen LogP contribution is -2.45. The van der Waals surface area contributed by atoms with Crippen LogP contribution in [-0.4, -0.2) is 16.2 Å². The molecule has 0 bridgehead atoms. The van der Waals surface area contributed by atoms with Gasteiger partial charge in [-0.2, -0.15) is 0 Å². The van der Waals surface area contributed by atoms with Crippen LogP contribution in [0.25, 0.3) is 0 Å². The van der Waals surface area contributed by atoms with Gasteiger partial charge in [0, 0.05) is 10.7 Å². The zero-order valence-electron chi connectivity index (χ0n) is 9.89. The van der Waals surface area contributed by atoms with Gasteiger partial charge in [-0.05, 0) is 12.5 Å². The highest BCUT2D eigenvalue weighted by Crippen LogP contribution is 2.23. The van der Waals surface area contributed by atoms with Crippen molar-refractivity contribution in [2.75, 3.05) is 5.33 Å². The van der Waals surface area contributed by atoms with E-state index in [1.807, 2.05) is 37.3 Å². The van der Waals surface area contributed by atoms with Crippen LogP contribution in [-0.2, 0) is 5.54 Å². The van der Waals surface area contributed by atoms with Crippen LogP contribution in [0, 0.1) is 0 Å². The molecule has 5 heteroatoms. The number of thiazole rings is 1. The van der Waals surface area contributed by atoms with Gasteiger partial charge in [-0.3, -0.25) is 4.79 Å². The van der Waals surface area contributed by atoms with E-state index in [0.717, 1.165) is 5.56 Å². The molecule has 18 heavy (non-hydrogen) atoms. The summed E-state index contributed by atoms with van der Waals surface area (Å²) in [4.78, 5) is 16.1. The summed E-state index contributed by atoms with van der Waals surface area (Å²) >= 11 is 4.88. The summed E-state index contributed by atoms with van der Waals surface area (Å²) in [5.74, 6) is -0.151. The minimum absolute atomic E-state index is 0.151. The summed E-state index contributed by atoms with van der Waals surface area (Å²) in [5.41, 5.74) is 2.73. The second-order valence-electron chi connectivity index (χ2n) is 4.16. The molecule has 0 aliphatic heterocycles. The Labute approximate surface area is 118 Å². The number of rotatable bonds is 4. The molecule has 0 radical (unpaired) electrons. The number of amides is 1. The molecule has 1 N–H and O–H groups in total. The topological polar surface area (TPSA) is 42.0 Å². The van der Waals surface area contributed by atoms with Crippen LogP contribution in [0.2, 0.25) is 0 Å². The number of nitrogens with one attached hydrogen (secondary N) is 1. The van der Waals surface area contributed by atoms with Gasteiger partial charge in [0.15, 0.2) is 0 Å². The zero-order valence-corrected chi connectivity index (χ0v) is 12.3. The number of aromatic nitrogens is 1. The van der Waals surface area contributed by atoms with Crippen molar-refractivity contribution in [3.8, 4) is 0 Å². The number of hydrogen-bond acceptors (Lipinski definition) is 3. The van der Waals surface area contributed by atoms with Crippen LogP contribution in [0.1, 0.15) is 23.0 Å². The maximum Gasteiger partial charge on any atom is 0.271 e. The third-order valence-corrected chi connectivity index (χ3v) is 4.44. The Hall–Kier alpha value is -1.20. The van der Waals surface area contributed by atoms with Crippen molar-refractivity contribution in [3.05, 3.63) is 52.5 Å². The fourth-order valence-corrected chi connectivity index (χ4v) is 2.62. The van der Waals surface area contributed by atoms with Crippen LogP contribution in [0.3, 0.4) is 0 Å². The van der Waals surface area contributed by atoms with Crippen molar-refractivity contribution in [1.82, 2.24) is 10.3 Å². The van der Waals surface area contributed by atoms with Gasteiger partial charge in [-0.25, -0.2) is 4.98 Å². The molecule has 0 saturated heterocycles. The van der Waals surface area contributed by atoms with Crippen molar-refractivity contribution in [3.63, 3.8) is 0 Å². The molecule has 1 atom stereocenters. The predicted octanol–water partition coefficient (Wildman–Crippen LogP) is 3.18. The minimum Gasteiger partial charge on any atom is -0.341 e. The summed E-state index contributed by atoms with van der Waals surface area (Å²) in [5, 5.41) is 5.40. The molecule has 0 fully saturated rings. The van der Waals surface area contributed by atoms with Crippen LogP contribution < -0.4 is 5.32 Å². The normalized spacial score (nSPS) is 13.9. The lowest BCUT2D eigenvalue weighted by Gasteiger charge is -2.29. The molecule has 0 aliphatic rings. The largest absolute Gasteiger partial charge is 0.341 e. The highest BCUT2D eigenvalue weighted by Gasteiger charge is 2.28. The Balaban J connectivity index is 2.21. The highest BCUT2D eigenvalue weighted by atomic mass is 79.9. The number of nitrogens with zero attached hydrogens (tertiary/aromatic N) is 1. The molecule has 0 spiro atoms. The molecule has 0 aliphatic carbocycles. The summed E-state index contributed by atoms with van der Waals surface area (Å²) in [7, 11) is 0. The number of carbonyl (C=O) groups excluding carboxylic acids is 1. The summed E-state index contributed by atoms with van der Waals surface area (Å²) in [6.07, 6.45) is 0. The van der Waals surface area contributed by atoms with E-state index >= 15 is 0 Å². The first-order chi connectivity index (χ1) is 8.65. The van der Waals surface area contributed by atoms with Crippen molar-refractivity contribution in [1.29, 1.82) is 0 Å². The molecule has 1 aromatic heterocycles. The van der Waals surface area contributed by atoms with Crippen LogP contribution in [0.4, 0.5) is 0 Å². The van der Waals surface area contributed by atoms with Gasteiger partial charge in [0.25, 0.3) is 5.91 Å². The predicted molar refractivity (Wildman–Crippen MR) is 77.2 cm³/mol. The Morgan fingerprint density at radius 2 is 2.17 bits per heavy atom. The van der Waals surface area contributed by atoms with Crippen molar-refractivity contribution >= 4 is 33.2 Å². The molecule has 3 nitrogen and oxygen atoms in total. The maximum absolute atomic E-state index is 12.1. The SMILES string of the molecule is CC(CBr)(NC(=O)c1cscn1)c1ccccc1. The van der Waals surface area contributed by atoms with E-state index in [2.05, 4.69) is 26.2 Å². The third-order valence-electron chi connectivity index (χ3n) is 2.73. The number of carbonyl (C=O) groups is 1. The molecular weight excluding hydrogens is 312 g/mol. The van der Waals surface area contributed by atoms with E-state index in [4.69, 9.17) is 0 Å². The van der Waals surface area contributed by atoms with Crippen molar-refractivity contribution in [2.24, 2.45) is 0 Å².